The van der Waals surface area contributed by atoms with Crippen molar-refractivity contribution in [2.24, 2.45) is 29.1 Å². The number of nitrogens with zero attached hydrogens (tertiary/aromatic N) is 3. The SMILES string of the molecule is COc1c(CN2O[C@@H](CO)[C@H]([C@H](C)O)[C@H]2C(=O)N[C@H]2C[C@@H]3C[C@@H]([C@@H]2C)C3(C)C)cccc1-c1cc(CCCCN(C)C)cc(CCCCN(C)C)c1. The van der Waals surface area contributed by atoms with E-state index >= 15 is 0 Å². The van der Waals surface area contributed by atoms with E-state index in [0.29, 0.717) is 23.2 Å². The first kappa shape index (κ1) is 40.7. The summed E-state index contributed by atoms with van der Waals surface area (Å²) in [7, 11) is 10.2. The first-order valence-electron chi connectivity index (χ1n) is 19.9. The molecule has 3 aliphatic carbocycles. The lowest BCUT2D eigenvalue weighted by Gasteiger charge is -2.62. The predicted molar refractivity (Wildman–Crippen MR) is 209 cm³/mol. The molecule has 4 fully saturated rings. The highest BCUT2D eigenvalue weighted by Crippen LogP contribution is 2.61. The molecule has 52 heavy (non-hydrogen) atoms. The first-order valence-corrected chi connectivity index (χ1v) is 19.9. The van der Waals surface area contributed by atoms with Gasteiger partial charge in [0.2, 0.25) is 5.91 Å². The van der Waals surface area contributed by atoms with Gasteiger partial charge in [-0.1, -0.05) is 57.2 Å². The summed E-state index contributed by atoms with van der Waals surface area (Å²) in [5, 5.41) is 26.4. The molecular weight excluding hydrogens is 652 g/mol. The predicted octanol–water partition coefficient (Wildman–Crippen LogP) is 5.79. The third-order valence-corrected chi connectivity index (χ3v) is 12.7. The molecule has 0 spiro atoms. The Labute approximate surface area is 314 Å². The third kappa shape index (κ3) is 9.22. The zero-order valence-corrected chi connectivity index (χ0v) is 33.5. The Kier molecular flexibility index (Phi) is 13.9. The number of ether oxygens (including phenoxy) is 1. The Morgan fingerprint density at radius 2 is 1.65 bits per heavy atom. The van der Waals surface area contributed by atoms with Crippen LogP contribution in [0.1, 0.15) is 82.9 Å². The highest BCUT2D eigenvalue weighted by atomic mass is 16.7. The number of aryl methyl sites for hydroxylation is 2. The number of aliphatic hydroxyl groups excluding tert-OH is 2. The Bertz CT molecular complexity index is 1440. The summed E-state index contributed by atoms with van der Waals surface area (Å²) >= 11 is 0. The second kappa shape index (κ2) is 17.7. The van der Waals surface area contributed by atoms with Crippen LogP contribution in [-0.4, -0.2) is 110 Å². The number of aliphatic hydroxyl groups is 2. The van der Waals surface area contributed by atoms with Crippen molar-refractivity contribution in [3.8, 4) is 16.9 Å². The monoisotopic (exact) mass is 721 g/mol. The number of para-hydroxylation sites is 1. The molecule has 4 aliphatic rings. The minimum Gasteiger partial charge on any atom is -0.496 e. The van der Waals surface area contributed by atoms with Crippen LogP contribution >= 0.6 is 0 Å². The van der Waals surface area contributed by atoms with Crippen LogP contribution in [0.2, 0.25) is 0 Å². The van der Waals surface area contributed by atoms with Crippen LogP contribution in [0, 0.1) is 29.1 Å². The van der Waals surface area contributed by atoms with Crippen molar-refractivity contribution in [1.82, 2.24) is 20.2 Å². The number of carbonyl (C=O) groups excluding carboxylic acids is 1. The molecule has 0 aromatic heterocycles. The Hall–Kier alpha value is -2.53. The number of rotatable bonds is 18. The molecule has 9 nitrogen and oxygen atoms in total. The molecule has 2 aromatic rings. The van der Waals surface area contributed by atoms with Crippen molar-refractivity contribution in [2.45, 2.75) is 110 Å². The van der Waals surface area contributed by atoms with E-state index in [1.807, 2.05) is 12.1 Å². The molecule has 6 rings (SSSR count). The van der Waals surface area contributed by atoms with Crippen molar-refractivity contribution in [3.63, 3.8) is 0 Å². The van der Waals surface area contributed by atoms with E-state index in [9.17, 15) is 15.0 Å². The second-order valence-corrected chi connectivity index (χ2v) is 17.3. The summed E-state index contributed by atoms with van der Waals surface area (Å²) in [5.74, 6) is 1.59. The number of unbranched alkanes of at least 4 members (excludes halogenated alkanes) is 2. The Morgan fingerprint density at radius 3 is 2.17 bits per heavy atom. The topological polar surface area (TPSA) is 97.7 Å². The summed E-state index contributed by atoms with van der Waals surface area (Å²) in [6.45, 7) is 10.8. The molecule has 0 radical (unpaired) electrons. The van der Waals surface area contributed by atoms with E-state index in [2.05, 4.69) is 88.3 Å². The zero-order chi connectivity index (χ0) is 37.7. The average Bonchev–Trinajstić information content (AvgIpc) is 3.47. The molecule has 2 aromatic carbocycles. The van der Waals surface area contributed by atoms with E-state index in [1.54, 1.807) is 19.1 Å². The molecule has 8 atom stereocenters. The number of hydroxylamine groups is 2. The summed E-state index contributed by atoms with van der Waals surface area (Å²) in [6.07, 6.45) is 7.26. The van der Waals surface area contributed by atoms with Gasteiger partial charge in [0.1, 0.15) is 17.9 Å². The maximum absolute atomic E-state index is 14.3. The van der Waals surface area contributed by atoms with Crippen LogP contribution in [0.4, 0.5) is 0 Å². The van der Waals surface area contributed by atoms with Crippen molar-refractivity contribution >= 4 is 5.91 Å². The van der Waals surface area contributed by atoms with Gasteiger partial charge in [-0.05, 0) is 139 Å². The maximum atomic E-state index is 14.3. The molecule has 9 heteroatoms. The molecule has 1 amide bonds. The van der Waals surface area contributed by atoms with Crippen molar-refractivity contribution in [3.05, 3.63) is 53.1 Å². The molecule has 1 heterocycles. The summed E-state index contributed by atoms with van der Waals surface area (Å²) in [4.78, 5) is 25.1. The summed E-state index contributed by atoms with van der Waals surface area (Å²) < 4.78 is 6.17. The van der Waals surface area contributed by atoms with Gasteiger partial charge in [-0.2, -0.15) is 5.06 Å². The molecule has 290 valence electrons. The number of hydrogen-bond donors (Lipinski definition) is 3. The molecule has 3 saturated carbocycles. The number of benzene rings is 2. The van der Waals surface area contributed by atoms with E-state index in [4.69, 9.17) is 9.57 Å². The van der Waals surface area contributed by atoms with E-state index < -0.39 is 24.2 Å². The van der Waals surface area contributed by atoms with E-state index in [0.717, 1.165) is 80.5 Å². The van der Waals surface area contributed by atoms with Gasteiger partial charge in [-0.25, -0.2) is 0 Å². The van der Waals surface area contributed by atoms with Gasteiger partial charge in [0.25, 0.3) is 0 Å². The summed E-state index contributed by atoms with van der Waals surface area (Å²) in [6, 6.07) is 12.5. The van der Waals surface area contributed by atoms with Crippen LogP contribution in [0.3, 0.4) is 0 Å². The standard InChI is InChI=1S/C43H68N4O5/c1-28-36-24-34(43(36,3)4)25-37(28)44-42(50)40-39(29(2)49)38(27-48)52-47(40)26-32-17-14-18-35(41(32)51-9)33-22-30(15-10-12-19-45(5)6)21-31(23-33)16-11-13-20-46(7)8/h14,17-18,21-23,28-29,34,36-40,48-49H,10-13,15-16,19-20,24-27H2,1-9H3,(H,44,50)/t28-,29-,34-,36-,37-,38-,39-,40-/m0/s1. The molecule has 0 unspecified atom stereocenters. The van der Waals surface area contributed by atoms with Gasteiger partial charge < -0.3 is 30.1 Å². The second-order valence-electron chi connectivity index (χ2n) is 17.3. The minimum atomic E-state index is -0.848. The average molecular weight is 721 g/mol. The lowest BCUT2D eigenvalue weighted by atomic mass is 9.45. The van der Waals surface area contributed by atoms with Crippen LogP contribution in [0.5, 0.6) is 5.75 Å². The van der Waals surface area contributed by atoms with Crippen molar-refractivity contribution in [1.29, 1.82) is 0 Å². The van der Waals surface area contributed by atoms with Gasteiger partial charge in [0.05, 0.1) is 26.4 Å². The van der Waals surface area contributed by atoms with Gasteiger partial charge in [0.15, 0.2) is 0 Å². The summed E-state index contributed by atoms with van der Waals surface area (Å²) in [5.41, 5.74) is 6.02. The largest absolute Gasteiger partial charge is 0.496 e. The van der Waals surface area contributed by atoms with Crippen LogP contribution in [0.15, 0.2) is 36.4 Å². The maximum Gasteiger partial charge on any atom is 0.240 e. The van der Waals surface area contributed by atoms with E-state index in [-0.39, 0.29) is 25.1 Å². The zero-order valence-electron chi connectivity index (χ0n) is 33.5. The van der Waals surface area contributed by atoms with Crippen LogP contribution in [-0.2, 0) is 29.0 Å². The Balaban J connectivity index is 1.41. The van der Waals surface area contributed by atoms with Crippen molar-refractivity contribution < 1.29 is 24.6 Å². The molecular formula is C43H68N4O5. The first-order chi connectivity index (χ1) is 24.7. The number of nitrogens with one attached hydrogen (secondary N) is 1. The van der Waals surface area contributed by atoms with Gasteiger partial charge in [0, 0.05) is 23.1 Å². The lowest BCUT2D eigenvalue weighted by Crippen LogP contribution is -2.62. The fourth-order valence-electron chi connectivity index (χ4n) is 9.55. The number of fused-ring (bicyclic) bond motifs is 2. The molecule has 1 aliphatic heterocycles. The lowest BCUT2D eigenvalue weighted by molar-refractivity contribution is -0.183. The molecule has 1 saturated heterocycles. The van der Waals surface area contributed by atoms with E-state index in [1.165, 1.54) is 17.5 Å². The van der Waals surface area contributed by atoms with Crippen molar-refractivity contribution in [2.75, 3.05) is 55.0 Å². The molecule has 3 N–H and O–H groups in total. The quantitative estimate of drug-likeness (QED) is 0.167. The third-order valence-electron chi connectivity index (χ3n) is 12.7. The van der Waals surface area contributed by atoms with Gasteiger partial charge >= 0.3 is 0 Å². The normalized spacial score (nSPS) is 27.5. The minimum absolute atomic E-state index is 0.0825. The fraction of sp³-hybridized carbons (Fsp3) is 0.698. The molecule has 2 bridgehead atoms. The number of hydrogen-bond acceptors (Lipinski definition) is 8. The number of methoxy groups -OCH3 is 1. The number of amides is 1. The highest BCUT2D eigenvalue weighted by Gasteiger charge is 2.57. The van der Waals surface area contributed by atoms with Gasteiger partial charge in [-0.3, -0.25) is 9.63 Å². The van der Waals surface area contributed by atoms with Crippen LogP contribution < -0.4 is 10.1 Å². The smallest absolute Gasteiger partial charge is 0.240 e. The fourth-order valence-corrected chi connectivity index (χ4v) is 9.55. The number of carbonyl (C=O) groups is 1. The van der Waals surface area contributed by atoms with Crippen LogP contribution in [0.25, 0.3) is 11.1 Å². The highest BCUT2D eigenvalue weighted by molar-refractivity contribution is 5.83. The Morgan fingerprint density at radius 1 is 1.02 bits per heavy atom. The van der Waals surface area contributed by atoms with Gasteiger partial charge in [-0.15, -0.1) is 0 Å².